The highest BCUT2D eigenvalue weighted by atomic mass is 32.1. The first-order chi connectivity index (χ1) is 11.3. The Balaban J connectivity index is 1.58. The molecular weight excluding hydrogens is 308 g/mol. The molecule has 23 heavy (non-hydrogen) atoms. The molecule has 0 unspecified atom stereocenters. The molecule has 0 bridgehead atoms. The highest BCUT2D eigenvalue weighted by molar-refractivity contribution is 7.13. The van der Waals surface area contributed by atoms with E-state index in [9.17, 15) is 0 Å². The van der Waals surface area contributed by atoms with Crippen molar-refractivity contribution in [2.24, 2.45) is 0 Å². The van der Waals surface area contributed by atoms with Gasteiger partial charge in [0.15, 0.2) is 10.8 Å². The number of thiazole rings is 1. The molecule has 1 aliphatic heterocycles. The van der Waals surface area contributed by atoms with Crippen LogP contribution in [0.3, 0.4) is 0 Å². The maximum Gasteiger partial charge on any atom is 0.188 e. The lowest BCUT2D eigenvalue weighted by Gasteiger charge is -2.34. The Kier molecular flexibility index (Phi) is 3.67. The van der Waals surface area contributed by atoms with Crippen LogP contribution < -0.4 is 9.64 Å². The summed E-state index contributed by atoms with van der Waals surface area (Å²) in [5.74, 6) is 1.62. The van der Waals surface area contributed by atoms with Gasteiger partial charge < -0.3 is 9.64 Å². The quantitative estimate of drug-likeness (QED) is 0.739. The fourth-order valence-electron chi connectivity index (χ4n) is 2.72. The highest BCUT2D eigenvalue weighted by Crippen LogP contribution is 2.34. The molecule has 3 heterocycles. The van der Waals surface area contributed by atoms with E-state index in [2.05, 4.69) is 38.2 Å². The second-order valence-corrected chi connectivity index (χ2v) is 6.35. The van der Waals surface area contributed by atoms with Gasteiger partial charge in [0.05, 0.1) is 24.5 Å². The first-order valence-electron chi connectivity index (χ1n) is 7.52. The minimum Gasteiger partial charge on any atom is -0.487 e. The summed E-state index contributed by atoms with van der Waals surface area (Å²) in [6.45, 7) is 3.70. The molecule has 0 aliphatic carbocycles. The van der Waals surface area contributed by atoms with E-state index in [1.165, 1.54) is 0 Å². The fourth-order valence-corrected chi connectivity index (χ4v) is 3.47. The van der Waals surface area contributed by atoms with Crippen LogP contribution in [0.5, 0.6) is 5.75 Å². The molecule has 2 aromatic heterocycles. The SMILES string of the molecule is C[C@@H]1CN(Cc2csc(-c3ncccn3)n2)c2ccccc2O1. The molecule has 0 N–H and O–H groups in total. The number of aromatic nitrogens is 3. The number of rotatable bonds is 3. The van der Waals surface area contributed by atoms with E-state index >= 15 is 0 Å². The zero-order chi connectivity index (χ0) is 15.6. The maximum atomic E-state index is 5.89. The van der Waals surface area contributed by atoms with E-state index in [4.69, 9.17) is 4.74 Å². The average Bonchev–Trinajstić information content (AvgIpc) is 3.04. The number of para-hydroxylation sites is 2. The molecule has 6 heteroatoms. The zero-order valence-electron chi connectivity index (χ0n) is 12.7. The van der Waals surface area contributed by atoms with Crippen LogP contribution in [0.15, 0.2) is 48.1 Å². The Morgan fingerprint density at radius 2 is 2.04 bits per heavy atom. The van der Waals surface area contributed by atoms with E-state index in [1.807, 2.05) is 24.3 Å². The van der Waals surface area contributed by atoms with Crippen LogP contribution in [0.4, 0.5) is 5.69 Å². The molecule has 0 fully saturated rings. The second-order valence-electron chi connectivity index (χ2n) is 5.49. The van der Waals surface area contributed by atoms with Crippen molar-refractivity contribution in [3.8, 4) is 16.6 Å². The van der Waals surface area contributed by atoms with Crippen molar-refractivity contribution in [1.82, 2.24) is 15.0 Å². The van der Waals surface area contributed by atoms with Gasteiger partial charge >= 0.3 is 0 Å². The molecule has 0 spiro atoms. The van der Waals surface area contributed by atoms with Crippen LogP contribution in [-0.2, 0) is 6.54 Å². The second kappa shape index (κ2) is 5.96. The van der Waals surface area contributed by atoms with Crippen LogP contribution in [0, 0.1) is 0 Å². The molecule has 0 saturated heterocycles. The van der Waals surface area contributed by atoms with Gasteiger partial charge in [-0.1, -0.05) is 12.1 Å². The molecule has 1 aliphatic rings. The normalized spacial score (nSPS) is 16.7. The number of benzene rings is 1. The third kappa shape index (κ3) is 2.90. The molecule has 0 saturated carbocycles. The van der Waals surface area contributed by atoms with Gasteiger partial charge in [-0.2, -0.15) is 0 Å². The van der Waals surface area contributed by atoms with E-state index in [0.29, 0.717) is 5.82 Å². The summed E-state index contributed by atoms with van der Waals surface area (Å²) in [4.78, 5) is 15.5. The van der Waals surface area contributed by atoms with Crippen molar-refractivity contribution in [2.75, 3.05) is 11.4 Å². The fraction of sp³-hybridized carbons (Fsp3) is 0.235. The van der Waals surface area contributed by atoms with Crippen molar-refractivity contribution >= 4 is 17.0 Å². The number of hydrogen-bond donors (Lipinski definition) is 0. The first kappa shape index (κ1) is 14.1. The lowest BCUT2D eigenvalue weighted by Crippen LogP contribution is -2.37. The monoisotopic (exact) mass is 324 g/mol. The standard InChI is InChI=1S/C17H16N4OS/c1-12-9-21(14-5-2-3-6-15(14)22-12)10-13-11-23-17(20-13)16-18-7-4-8-19-16/h2-8,11-12H,9-10H2,1H3/t12-/m1/s1. The smallest absolute Gasteiger partial charge is 0.188 e. The Morgan fingerprint density at radius 1 is 1.22 bits per heavy atom. The third-order valence-electron chi connectivity index (χ3n) is 3.67. The number of nitrogens with zero attached hydrogens (tertiary/aromatic N) is 4. The average molecular weight is 324 g/mol. The lowest BCUT2D eigenvalue weighted by molar-refractivity contribution is 0.212. The van der Waals surface area contributed by atoms with E-state index < -0.39 is 0 Å². The molecule has 5 nitrogen and oxygen atoms in total. The van der Waals surface area contributed by atoms with Crippen molar-refractivity contribution in [3.05, 3.63) is 53.8 Å². The van der Waals surface area contributed by atoms with Crippen LogP contribution in [-0.4, -0.2) is 27.6 Å². The van der Waals surface area contributed by atoms with Crippen molar-refractivity contribution in [3.63, 3.8) is 0 Å². The minimum atomic E-state index is 0.167. The number of hydrogen-bond acceptors (Lipinski definition) is 6. The maximum absolute atomic E-state index is 5.89. The summed E-state index contributed by atoms with van der Waals surface area (Å²) in [5.41, 5.74) is 2.15. The van der Waals surface area contributed by atoms with Crippen molar-refractivity contribution in [1.29, 1.82) is 0 Å². The van der Waals surface area contributed by atoms with Gasteiger partial charge in [0.2, 0.25) is 0 Å². The number of anilines is 1. The van der Waals surface area contributed by atoms with Crippen LogP contribution in [0.1, 0.15) is 12.6 Å². The third-order valence-corrected chi connectivity index (χ3v) is 4.56. The topological polar surface area (TPSA) is 51.1 Å². The zero-order valence-corrected chi connectivity index (χ0v) is 13.5. The number of fused-ring (bicyclic) bond motifs is 1. The van der Waals surface area contributed by atoms with E-state index in [0.717, 1.165) is 35.2 Å². The van der Waals surface area contributed by atoms with Gasteiger partial charge in [-0.25, -0.2) is 15.0 Å². The summed E-state index contributed by atoms with van der Waals surface area (Å²) in [7, 11) is 0. The Labute approximate surface area is 138 Å². The summed E-state index contributed by atoms with van der Waals surface area (Å²) in [6.07, 6.45) is 3.65. The lowest BCUT2D eigenvalue weighted by atomic mass is 10.2. The van der Waals surface area contributed by atoms with Gasteiger partial charge in [0, 0.05) is 17.8 Å². The first-order valence-corrected chi connectivity index (χ1v) is 8.40. The summed E-state index contributed by atoms with van der Waals surface area (Å²) < 4.78 is 5.89. The van der Waals surface area contributed by atoms with Crippen molar-refractivity contribution in [2.45, 2.75) is 19.6 Å². The van der Waals surface area contributed by atoms with Gasteiger partial charge in [-0.05, 0) is 25.1 Å². The minimum absolute atomic E-state index is 0.167. The van der Waals surface area contributed by atoms with Crippen LogP contribution in [0.25, 0.3) is 10.8 Å². The van der Waals surface area contributed by atoms with E-state index in [1.54, 1.807) is 23.7 Å². The molecule has 4 rings (SSSR count). The molecule has 0 amide bonds. The highest BCUT2D eigenvalue weighted by Gasteiger charge is 2.23. The molecule has 116 valence electrons. The molecule has 1 aromatic carbocycles. The summed E-state index contributed by atoms with van der Waals surface area (Å²) >= 11 is 1.58. The van der Waals surface area contributed by atoms with Crippen molar-refractivity contribution < 1.29 is 4.74 Å². The predicted octanol–water partition coefficient (Wildman–Crippen LogP) is 3.39. The van der Waals surface area contributed by atoms with Crippen LogP contribution in [0.2, 0.25) is 0 Å². The van der Waals surface area contributed by atoms with Gasteiger partial charge in [-0.15, -0.1) is 11.3 Å². The van der Waals surface area contributed by atoms with Gasteiger partial charge in [0.25, 0.3) is 0 Å². The largest absolute Gasteiger partial charge is 0.487 e. The Morgan fingerprint density at radius 3 is 2.91 bits per heavy atom. The summed E-state index contributed by atoms with van der Waals surface area (Å²) in [5, 5.41) is 2.93. The Bertz CT molecular complexity index is 805. The van der Waals surface area contributed by atoms with E-state index in [-0.39, 0.29) is 6.10 Å². The van der Waals surface area contributed by atoms with Gasteiger partial charge in [-0.3, -0.25) is 0 Å². The molecule has 3 aromatic rings. The molecule has 0 radical (unpaired) electrons. The van der Waals surface area contributed by atoms with Gasteiger partial charge in [0.1, 0.15) is 11.9 Å². The number of ether oxygens (including phenoxy) is 1. The molecule has 1 atom stereocenters. The Hall–Kier alpha value is -2.47. The predicted molar refractivity (Wildman–Crippen MR) is 90.7 cm³/mol. The summed E-state index contributed by atoms with van der Waals surface area (Å²) in [6, 6.07) is 9.96. The van der Waals surface area contributed by atoms with Crippen LogP contribution >= 0.6 is 11.3 Å². The molecular formula is C17H16N4OS.